The average molecular weight is 467 g/mol. The first-order chi connectivity index (χ1) is 14.7. The molecule has 0 aromatic heterocycles. The molecule has 31 heavy (non-hydrogen) atoms. The summed E-state index contributed by atoms with van der Waals surface area (Å²) >= 11 is 4.12. The lowest BCUT2D eigenvalue weighted by molar-refractivity contribution is -0.171. The fraction of sp³-hybridized carbons (Fsp3) is 0.792. The number of ether oxygens (including phenoxy) is 2. The van der Waals surface area contributed by atoms with Gasteiger partial charge in [0, 0.05) is 30.3 Å². The average Bonchev–Trinajstić information content (AvgIpc) is 3.20. The summed E-state index contributed by atoms with van der Waals surface area (Å²) in [6, 6.07) is 0. The van der Waals surface area contributed by atoms with E-state index >= 15 is 0 Å². The lowest BCUT2D eigenvalue weighted by Gasteiger charge is -2.58. The minimum absolute atomic E-state index is 0.0637. The summed E-state index contributed by atoms with van der Waals surface area (Å²) in [5.74, 6) is 1.94. The zero-order chi connectivity index (χ0) is 22.4. The molecule has 0 N–H and O–H groups in total. The number of ketones is 1. The summed E-state index contributed by atoms with van der Waals surface area (Å²) in [7, 11) is 2.78. The van der Waals surface area contributed by atoms with Gasteiger partial charge in [0.1, 0.15) is 5.78 Å². The molecular formula is C24H34O5S2. The zero-order valence-electron chi connectivity index (χ0n) is 19.0. The van der Waals surface area contributed by atoms with Crippen LogP contribution in [0, 0.1) is 28.6 Å². The van der Waals surface area contributed by atoms with Gasteiger partial charge < -0.3 is 9.47 Å². The van der Waals surface area contributed by atoms with Gasteiger partial charge in [-0.3, -0.25) is 14.4 Å². The highest BCUT2D eigenvalue weighted by Gasteiger charge is 2.61. The molecule has 7 heteroatoms. The van der Waals surface area contributed by atoms with E-state index in [0.717, 1.165) is 25.7 Å². The van der Waals surface area contributed by atoms with Crippen LogP contribution in [0.2, 0.25) is 0 Å². The topological polar surface area (TPSA) is 69.7 Å². The molecule has 0 bridgehead atoms. The van der Waals surface area contributed by atoms with Crippen molar-refractivity contribution >= 4 is 41.2 Å². The van der Waals surface area contributed by atoms with Crippen LogP contribution in [-0.2, 0) is 23.9 Å². The molecule has 5 atom stereocenters. The molecule has 0 amide bonds. The Balaban J connectivity index is 1.69. The zero-order valence-corrected chi connectivity index (χ0v) is 20.7. The van der Waals surface area contributed by atoms with Crippen molar-refractivity contribution in [3.05, 3.63) is 11.6 Å². The Bertz CT molecular complexity index is 802. The molecule has 0 aromatic rings. The number of carbonyl (C=O) groups excluding carboxylic acids is 3. The monoisotopic (exact) mass is 466 g/mol. The largest absolute Gasteiger partial charge is 0.469 e. The molecule has 1 spiro atoms. The Morgan fingerprint density at radius 2 is 1.84 bits per heavy atom. The van der Waals surface area contributed by atoms with Crippen LogP contribution in [0.15, 0.2) is 11.6 Å². The van der Waals surface area contributed by atoms with E-state index in [1.165, 1.54) is 31.3 Å². The van der Waals surface area contributed by atoms with Crippen molar-refractivity contribution in [3.63, 3.8) is 0 Å². The van der Waals surface area contributed by atoms with Gasteiger partial charge in [-0.15, -0.1) is 23.5 Å². The molecular weight excluding hydrogens is 432 g/mol. The second-order valence-electron chi connectivity index (χ2n) is 10.0. The van der Waals surface area contributed by atoms with Crippen LogP contribution in [0.4, 0.5) is 0 Å². The highest BCUT2D eigenvalue weighted by molar-refractivity contribution is 8.21. The van der Waals surface area contributed by atoms with Gasteiger partial charge in [-0.2, -0.15) is 0 Å². The molecule has 0 unspecified atom stereocenters. The van der Waals surface area contributed by atoms with Gasteiger partial charge in [-0.25, -0.2) is 0 Å². The summed E-state index contributed by atoms with van der Waals surface area (Å²) in [6.07, 6.45) is 7.49. The van der Waals surface area contributed by atoms with Gasteiger partial charge in [0.05, 0.1) is 23.7 Å². The molecule has 0 radical (unpaired) electrons. The third-order valence-corrected chi connectivity index (χ3v) is 11.9. The number of rotatable bonds is 4. The summed E-state index contributed by atoms with van der Waals surface area (Å²) in [5, 5.41) is 0. The van der Waals surface area contributed by atoms with E-state index in [9.17, 15) is 14.4 Å². The van der Waals surface area contributed by atoms with Gasteiger partial charge in [0.25, 0.3) is 0 Å². The molecule has 4 aliphatic rings. The van der Waals surface area contributed by atoms with E-state index in [2.05, 4.69) is 36.5 Å². The summed E-state index contributed by atoms with van der Waals surface area (Å²) in [4.78, 5) is 38.4. The van der Waals surface area contributed by atoms with E-state index in [1.54, 1.807) is 0 Å². The quantitative estimate of drug-likeness (QED) is 0.442. The van der Waals surface area contributed by atoms with Crippen molar-refractivity contribution in [1.82, 2.24) is 0 Å². The molecule has 1 aliphatic heterocycles. The Morgan fingerprint density at radius 1 is 1.13 bits per heavy atom. The number of hydrogen-bond acceptors (Lipinski definition) is 7. The van der Waals surface area contributed by atoms with Gasteiger partial charge >= 0.3 is 11.9 Å². The molecule has 0 aromatic carbocycles. The van der Waals surface area contributed by atoms with Crippen LogP contribution in [-0.4, -0.2) is 47.5 Å². The lowest BCUT2D eigenvalue weighted by Crippen LogP contribution is -2.57. The number of Topliss-reactive ketones (excluding diaryl/α,β-unsaturated/α-hetero) is 1. The van der Waals surface area contributed by atoms with Crippen LogP contribution in [0.3, 0.4) is 0 Å². The van der Waals surface area contributed by atoms with Crippen LogP contribution in [0.5, 0.6) is 0 Å². The number of thioether (sulfide) groups is 2. The molecule has 3 fully saturated rings. The maximum absolute atomic E-state index is 13.6. The first-order valence-corrected chi connectivity index (χ1v) is 13.3. The predicted octanol–water partition coefficient (Wildman–Crippen LogP) is 4.64. The number of esters is 2. The van der Waals surface area contributed by atoms with E-state index < -0.39 is 5.41 Å². The maximum atomic E-state index is 13.6. The normalized spacial score (nSPS) is 38.8. The molecule has 4 rings (SSSR count). The molecule has 3 aliphatic carbocycles. The number of allylic oxidation sites excluding steroid dienone is 1. The predicted molar refractivity (Wildman–Crippen MR) is 124 cm³/mol. The fourth-order valence-electron chi connectivity index (χ4n) is 6.94. The minimum Gasteiger partial charge on any atom is -0.469 e. The Labute approximate surface area is 193 Å². The Kier molecular flexibility index (Phi) is 6.32. The van der Waals surface area contributed by atoms with Crippen molar-refractivity contribution in [1.29, 1.82) is 0 Å². The van der Waals surface area contributed by atoms with Gasteiger partial charge in [-0.05, 0) is 56.3 Å². The maximum Gasteiger partial charge on any atom is 0.312 e. The summed E-state index contributed by atoms with van der Waals surface area (Å²) in [6.45, 7) is 4.15. The highest BCUT2D eigenvalue weighted by Crippen LogP contribution is 2.65. The second-order valence-corrected chi connectivity index (χ2v) is 13.2. The van der Waals surface area contributed by atoms with E-state index in [0.29, 0.717) is 6.42 Å². The Morgan fingerprint density at radius 3 is 2.48 bits per heavy atom. The molecule has 2 saturated carbocycles. The minimum atomic E-state index is -0.883. The number of hydrogen-bond donors (Lipinski definition) is 0. The number of fused-ring (bicyclic) bond motifs is 3. The van der Waals surface area contributed by atoms with Gasteiger partial charge in [-0.1, -0.05) is 18.6 Å². The van der Waals surface area contributed by atoms with Crippen LogP contribution in [0.1, 0.15) is 58.8 Å². The highest BCUT2D eigenvalue weighted by atomic mass is 32.2. The van der Waals surface area contributed by atoms with E-state index in [1.807, 2.05) is 6.92 Å². The van der Waals surface area contributed by atoms with Crippen LogP contribution in [0.25, 0.3) is 0 Å². The first kappa shape index (κ1) is 23.2. The third kappa shape index (κ3) is 3.77. The van der Waals surface area contributed by atoms with Crippen molar-refractivity contribution in [3.8, 4) is 0 Å². The third-order valence-electron chi connectivity index (χ3n) is 8.52. The molecule has 1 saturated heterocycles. The molecule has 5 nitrogen and oxygen atoms in total. The van der Waals surface area contributed by atoms with Crippen molar-refractivity contribution < 1.29 is 23.9 Å². The Hall–Kier alpha value is -0.950. The number of methoxy groups -OCH3 is 2. The van der Waals surface area contributed by atoms with Crippen LogP contribution >= 0.6 is 23.5 Å². The van der Waals surface area contributed by atoms with E-state index in [-0.39, 0.29) is 57.8 Å². The molecule has 172 valence electrons. The summed E-state index contributed by atoms with van der Waals surface area (Å²) < 4.78 is 10.2. The number of carbonyl (C=O) groups is 3. The lowest BCUT2D eigenvalue weighted by atomic mass is 9.46. The smallest absolute Gasteiger partial charge is 0.312 e. The fourth-order valence-corrected chi connectivity index (χ4v) is 10.1. The van der Waals surface area contributed by atoms with Gasteiger partial charge in [0.15, 0.2) is 0 Å². The van der Waals surface area contributed by atoms with Crippen LogP contribution < -0.4 is 0 Å². The standard InChI is InChI=1S/C24H34O5S2/c1-22-9-10-24(30-11-12-31-24)13-15(22)5-6-16-17(7-8-19(26)28-3)23(2,21(27)29-4)14-18(25)20(16)22/h13,16-17,20H,5-12,14H2,1-4H3/t16-,17-,20+,22-,23-/m0/s1. The van der Waals surface area contributed by atoms with Gasteiger partial charge in [0.2, 0.25) is 0 Å². The summed E-state index contributed by atoms with van der Waals surface area (Å²) in [5.41, 5.74) is 0.422. The van der Waals surface area contributed by atoms with Crippen molar-refractivity contribution in [2.45, 2.75) is 62.9 Å². The van der Waals surface area contributed by atoms with E-state index in [4.69, 9.17) is 9.47 Å². The first-order valence-electron chi connectivity index (χ1n) is 11.4. The van der Waals surface area contributed by atoms with Crippen molar-refractivity contribution in [2.24, 2.45) is 28.6 Å². The second kappa shape index (κ2) is 8.44. The SMILES string of the molecule is COC(=O)CC[C@H]1[C@@H]2CCC3=CC4(CC[C@]3(C)[C@H]2C(=O)C[C@]1(C)C(=O)OC)SCCS4. The van der Waals surface area contributed by atoms with Crippen molar-refractivity contribution in [2.75, 3.05) is 25.7 Å². The molecule has 1 heterocycles.